The van der Waals surface area contributed by atoms with Gasteiger partial charge in [0.15, 0.2) is 0 Å². The maximum Gasteiger partial charge on any atom is 0.0897 e. The molecule has 0 aliphatic carbocycles. The molecule has 1 atom stereocenters. The van der Waals surface area contributed by atoms with Crippen LogP contribution in [-0.4, -0.2) is 29.4 Å². The highest BCUT2D eigenvalue weighted by Crippen LogP contribution is 2.39. The van der Waals surface area contributed by atoms with Crippen LogP contribution in [0.5, 0.6) is 0 Å². The van der Waals surface area contributed by atoms with Crippen molar-refractivity contribution < 1.29 is 9.84 Å². The number of thiazole rings is 1. The van der Waals surface area contributed by atoms with Crippen LogP contribution in [0.15, 0.2) is 35.7 Å². The molecule has 1 N–H and O–H groups in total. The lowest BCUT2D eigenvalue weighted by Crippen LogP contribution is -2.45. The first-order valence-electron chi connectivity index (χ1n) is 7.43. The Morgan fingerprint density at radius 3 is 2.62 bits per heavy atom. The Bertz CT molecular complexity index is 575. The predicted molar refractivity (Wildman–Crippen MR) is 84.7 cm³/mol. The monoisotopic (exact) mass is 303 g/mol. The van der Waals surface area contributed by atoms with Crippen molar-refractivity contribution >= 4 is 11.3 Å². The molecule has 21 heavy (non-hydrogen) atoms. The van der Waals surface area contributed by atoms with Gasteiger partial charge in [0.2, 0.25) is 0 Å². The van der Waals surface area contributed by atoms with Crippen molar-refractivity contribution in [3.63, 3.8) is 0 Å². The number of aliphatic hydroxyl groups excluding tert-OH is 1. The highest BCUT2D eigenvalue weighted by atomic mass is 32.1. The molecule has 3 nitrogen and oxygen atoms in total. The van der Waals surface area contributed by atoms with E-state index in [-0.39, 0.29) is 5.41 Å². The average molecular weight is 303 g/mol. The van der Waals surface area contributed by atoms with Gasteiger partial charge in [-0.15, -0.1) is 11.3 Å². The topological polar surface area (TPSA) is 42.4 Å². The van der Waals surface area contributed by atoms with E-state index >= 15 is 0 Å². The van der Waals surface area contributed by atoms with Crippen LogP contribution in [0.3, 0.4) is 0 Å². The standard InChI is InChI=1S/C17H21NO2S/c1-13-18-15(12-21-13)11-16(19)17(7-9-20-10-8-17)14-5-3-2-4-6-14/h2-6,12,16,19H,7-11H2,1H3. The van der Waals surface area contributed by atoms with Crippen molar-refractivity contribution in [2.45, 2.75) is 37.7 Å². The summed E-state index contributed by atoms with van der Waals surface area (Å²) in [5, 5.41) is 14.1. The highest BCUT2D eigenvalue weighted by Gasteiger charge is 2.41. The number of aryl methyl sites for hydroxylation is 1. The van der Waals surface area contributed by atoms with E-state index in [0.29, 0.717) is 19.6 Å². The van der Waals surface area contributed by atoms with Crippen molar-refractivity contribution in [2.24, 2.45) is 0 Å². The lowest BCUT2D eigenvalue weighted by Gasteiger charge is -2.41. The lowest BCUT2D eigenvalue weighted by molar-refractivity contribution is -0.0157. The van der Waals surface area contributed by atoms with Gasteiger partial charge in [-0.25, -0.2) is 4.98 Å². The third-order valence-corrected chi connectivity index (χ3v) is 5.26. The van der Waals surface area contributed by atoms with Crippen LogP contribution in [0.4, 0.5) is 0 Å². The average Bonchev–Trinajstić information content (AvgIpc) is 2.94. The molecule has 0 saturated carbocycles. The van der Waals surface area contributed by atoms with Gasteiger partial charge in [0, 0.05) is 30.4 Å². The summed E-state index contributed by atoms with van der Waals surface area (Å²) in [5.41, 5.74) is 2.00. The van der Waals surface area contributed by atoms with Crippen LogP contribution < -0.4 is 0 Å². The molecule has 1 fully saturated rings. The van der Waals surface area contributed by atoms with Gasteiger partial charge in [0.05, 0.1) is 16.8 Å². The van der Waals surface area contributed by atoms with Crippen molar-refractivity contribution in [1.29, 1.82) is 0 Å². The summed E-state index contributed by atoms with van der Waals surface area (Å²) in [6.45, 7) is 3.42. The van der Waals surface area contributed by atoms with Gasteiger partial charge in [-0.05, 0) is 25.3 Å². The van der Waals surface area contributed by atoms with Gasteiger partial charge in [-0.1, -0.05) is 30.3 Å². The van der Waals surface area contributed by atoms with Gasteiger partial charge >= 0.3 is 0 Å². The number of nitrogens with zero attached hydrogens (tertiary/aromatic N) is 1. The smallest absolute Gasteiger partial charge is 0.0897 e. The number of hydrogen-bond acceptors (Lipinski definition) is 4. The molecule has 0 radical (unpaired) electrons. The second-order valence-electron chi connectivity index (χ2n) is 5.71. The van der Waals surface area contributed by atoms with Crippen molar-refractivity contribution in [3.05, 3.63) is 52.0 Å². The van der Waals surface area contributed by atoms with E-state index in [1.165, 1.54) is 5.56 Å². The Balaban J connectivity index is 1.88. The molecule has 3 rings (SSSR count). The summed E-state index contributed by atoms with van der Waals surface area (Å²) in [5.74, 6) is 0. The second kappa shape index (κ2) is 6.26. The number of ether oxygens (including phenoxy) is 1. The molecule has 1 aliphatic heterocycles. The molecule has 1 aromatic carbocycles. The molecule has 2 heterocycles. The van der Waals surface area contributed by atoms with Crippen LogP contribution in [-0.2, 0) is 16.6 Å². The molecule has 0 amide bonds. The molecule has 112 valence electrons. The maximum absolute atomic E-state index is 10.9. The van der Waals surface area contributed by atoms with Crippen LogP contribution in [0.2, 0.25) is 0 Å². The highest BCUT2D eigenvalue weighted by molar-refractivity contribution is 7.09. The summed E-state index contributed by atoms with van der Waals surface area (Å²) in [6.07, 6.45) is 1.91. The first-order valence-corrected chi connectivity index (χ1v) is 8.31. The van der Waals surface area contributed by atoms with Crippen LogP contribution in [0.25, 0.3) is 0 Å². The van der Waals surface area contributed by atoms with E-state index in [0.717, 1.165) is 23.5 Å². The molecule has 1 saturated heterocycles. The first-order chi connectivity index (χ1) is 10.2. The zero-order valence-electron chi connectivity index (χ0n) is 12.3. The normalized spacial score (nSPS) is 19.3. The zero-order valence-corrected chi connectivity index (χ0v) is 13.1. The molecular formula is C17H21NO2S. The van der Waals surface area contributed by atoms with Gasteiger partial charge in [-0.2, -0.15) is 0 Å². The zero-order chi connectivity index (χ0) is 14.7. The van der Waals surface area contributed by atoms with E-state index in [1.54, 1.807) is 11.3 Å². The Morgan fingerprint density at radius 2 is 2.00 bits per heavy atom. The summed E-state index contributed by atoms with van der Waals surface area (Å²) in [7, 11) is 0. The number of aliphatic hydroxyl groups is 1. The second-order valence-corrected chi connectivity index (χ2v) is 6.77. The Labute approximate surface area is 129 Å². The van der Waals surface area contributed by atoms with E-state index < -0.39 is 6.10 Å². The molecule has 2 aromatic rings. The molecular weight excluding hydrogens is 282 g/mol. The van der Waals surface area contributed by atoms with Crippen molar-refractivity contribution in [1.82, 2.24) is 4.98 Å². The fourth-order valence-corrected chi connectivity index (χ4v) is 3.84. The van der Waals surface area contributed by atoms with Gasteiger partial charge in [0.25, 0.3) is 0 Å². The minimum absolute atomic E-state index is 0.211. The van der Waals surface area contributed by atoms with Crippen LogP contribution in [0, 0.1) is 6.92 Å². The molecule has 4 heteroatoms. The van der Waals surface area contributed by atoms with E-state index in [4.69, 9.17) is 4.74 Å². The number of benzene rings is 1. The van der Waals surface area contributed by atoms with E-state index in [2.05, 4.69) is 22.5 Å². The van der Waals surface area contributed by atoms with Crippen molar-refractivity contribution in [2.75, 3.05) is 13.2 Å². The third kappa shape index (κ3) is 3.03. The third-order valence-electron chi connectivity index (χ3n) is 4.44. The van der Waals surface area contributed by atoms with E-state index in [1.807, 2.05) is 25.1 Å². The van der Waals surface area contributed by atoms with Gasteiger partial charge < -0.3 is 9.84 Å². The fourth-order valence-electron chi connectivity index (χ4n) is 3.22. The predicted octanol–water partition coefficient (Wildman–Crippen LogP) is 3.10. The first kappa shape index (κ1) is 14.7. The molecule has 1 aromatic heterocycles. The molecule has 0 bridgehead atoms. The minimum Gasteiger partial charge on any atom is -0.392 e. The summed E-state index contributed by atoms with van der Waals surface area (Å²) in [6, 6.07) is 10.4. The number of aromatic nitrogens is 1. The molecule has 0 spiro atoms. The number of hydrogen-bond donors (Lipinski definition) is 1. The van der Waals surface area contributed by atoms with Gasteiger partial charge in [-0.3, -0.25) is 0 Å². The quantitative estimate of drug-likeness (QED) is 0.943. The van der Waals surface area contributed by atoms with Crippen LogP contribution >= 0.6 is 11.3 Å². The van der Waals surface area contributed by atoms with E-state index in [9.17, 15) is 5.11 Å². The van der Waals surface area contributed by atoms with Crippen molar-refractivity contribution in [3.8, 4) is 0 Å². The Morgan fingerprint density at radius 1 is 1.29 bits per heavy atom. The minimum atomic E-state index is -0.426. The lowest BCUT2D eigenvalue weighted by atomic mass is 9.69. The summed E-state index contributed by atoms with van der Waals surface area (Å²) < 4.78 is 5.53. The molecule has 1 aliphatic rings. The maximum atomic E-state index is 10.9. The van der Waals surface area contributed by atoms with Gasteiger partial charge in [0.1, 0.15) is 0 Å². The summed E-state index contributed by atoms with van der Waals surface area (Å²) >= 11 is 1.64. The molecule has 1 unspecified atom stereocenters. The Kier molecular flexibility index (Phi) is 4.38. The number of rotatable bonds is 4. The summed E-state index contributed by atoms with van der Waals surface area (Å²) in [4.78, 5) is 4.50. The Hall–Kier alpha value is -1.23. The largest absolute Gasteiger partial charge is 0.392 e. The SMILES string of the molecule is Cc1nc(CC(O)C2(c3ccccc3)CCOCC2)cs1. The fraction of sp³-hybridized carbons (Fsp3) is 0.471. The van der Waals surface area contributed by atoms with Crippen LogP contribution in [0.1, 0.15) is 29.1 Å².